The van der Waals surface area contributed by atoms with Gasteiger partial charge in [0.05, 0.1) is 17.3 Å². The number of ketones is 1. The maximum absolute atomic E-state index is 13.4. The van der Waals surface area contributed by atoms with Crippen molar-refractivity contribution in [3.8, 4) is 11.5 Å². The van der Waals surface area contributed by atoms with E-state index < -0.39 is 0 Å². The van der Waals surface area contributed by atoms with Crippen LogP contribution in [0, 0.1) is 5.41 Å². The number of Topliss-reactive ketones (excluding diaryl/α,β-unsaturated/α-hetero) is 1. The van der Waals surface area contributed by atoms with Crippen molar-refractivity contribution in [2.75, 3.05) is 12.4 Å². The Morgan fingerprint density at radius 3 is 2.68 bits per heavy atom. The minimum Gasteiger partial charge on any atom is -0.503 e. The quantitative estimate of drug-likeness (QED) is 0.441. The van der Waals surface area contributed by atoms with Crippen molar-refractivity contribution in [2.24, 2.45) is 5.41 Å². The summed E-state index contributed by atoms with van der Waals surface area (Å²) in [5.41, 5.74) is 4.75. The second-order valence-corrected chi connectivity index (χ2v) is 10.1. The summed E-state index contributed by atoms with van der Waals surface area (Å²) in [5, 5.41) is 16.3. The summed E-state index contributed by atoms with van der Waals surface area (Å²) < 4.78 is 5.96. The molecule has 2 N–H and O–H groups in total. The molecule has 2 aliphatic rings. The molecule has 31 heavy (non-hydrogen) atoms. The number of hydrogen-bond acceptors (Lipinski definition) is 4. The zero-order valence-corrected chi connectivity index (χ0v) is 19.3. The molecular weight excluding hydrogens is 454 g/mol. The van der Waals surface area contributed by atoms with E-state index in [0.717, 1.165) is 45.3 Å². The Hall–Kier alpha value is -2.79. The van der Waals surface area contributed by atoms with Gasteiger partial charge in [0.2, 0.25) is 0 Å². The van der Waals surface area contributed by atoms with E-state index in [-0.39, 0.29) is 22.9 Å². The third kappa shape index (κ3) is 3.23. The lowest BCUT2D eigenvalue weighted by Crippen LogP contribution is -2.33. The van der Waals surface area contributed by atoms with Crippen LogP contribution in [0.5, 0.6) is 11.5 Å². The van der Waals surface area contributed by atoms with Crippen LogP contribution in [0.1, 0.15) is 43.7 Å². The number of anilines is 1. The lowest BCUT2D eigenvalue weighted by Gasteiger charge is -2.40. The number of phenols is 1. The smallest absolute Gasteiger partial charge is 0.172 e. The van der Waals surface area contributed by atoms with Crippen molar-refractivity contribution in [2.45, 2.75) is 32.6 Å². The van der Waals surface area contributed by atoms with Gasteiger partial charge in [-0.3, -0.25) is 4.79 Å². The van der Waals surface area contributed by atoms with Crippen LogP contribution in [0.3, 0.4) is 0 Å². The van der Waals surface area contributed by atoms with E-state index in [4.69, 9.17) is 4.74 Å². The summed E-state index contributed by atoms with van der Waals surface area (Å²) in [5.74, 6) is 0.385. The standard InChI is InChI=1S/C26H24BrNO3/c1-26(2)12-19-23(20(29)13-26)22(15-10-18(27)25(30)21(11-15)31-3)17-9-8-14-6-4-5-7-16(14)24(17)28-19/h4-11,22,28,30H,12-13H2,1-3H3/t22-/m1/s1. The number of fused-ring (bicyclic) bond motifs is 3. The Kier molecular flexibility index (Phi) is 4.63. The number of aromatic hydroxyl groups is 1. The van der Waals surface area contributed by atoms with Crippen LogP contribution in [0.25, 0.3) is 10.8 Å². The Bertz CT molecular complexity index is 1280. The molecule has 3 aromatic rings. The number of phenolic OH excluding ortho intramolecular Hbond substituents is 1. The first-order valence-electron chi connectivity index (χ1n) is 10.4. The largest absolute Gasteiger partial charge is 0.503 e. The molecule has 1 aliphatic heterocycles. The second-order valence-electron chi connectivity index (χ2n) is 9.20. The highest BCUT2D eigenvalue weighted by Crippen LogP contribution is 2.52. The average molecular weight is 478 g/mol. The fourth-order valence-corrected chi connectivity index (χ4v) is 5.48. The Balaban J connectivity index is 1.81. The highest BCUT2D eigenvalue weighted by molar-refractivity contribution is 9.10. The van der Waals surface area contributed by atoms with Crippen molar-refractivity contribution in [1.29, 1.82) is 0 Å². The Labute approximate surface area is 190 Å². The first kappa shape index (κ1) is 20.1. The average Bonchev–Trinajstić information content (AvgIpc) is 2.73. The molecule has 1 aliphatic carbocycles. The van der Waals surface area contributed by atoms with Gasteiger partial charge in [-0.15, -0.1) is 0 Å². The molecule has 0 fully saturated rings. The highest BCUT2D eigenvalue weighted by atomic mass is 79.9. The summed E-state index contributed by atoms with van der Waals surface area (Å²) in [4.78, 5) is 13.4. The van der Waals surface area contributed by atoms with Gasteiger partial charge >= 0.3 is 0 Å². The van der Waals surface area contributed by atoms with Crippen LogP contribution in [-0.4, -0.2) is 18.0 Å². The zero-order valence-electron chi connectivity index (χ0n) is 17.8. The van der Waals surface area contributed by atoms with Gasteiger partial charge in [-0.1, -0.05) is 50.2 Å². The van der Waals surface area contributed by atoms with E-state index in [0.29, 0.717) is 16.6 Å². The predicted molar refractivity (Wildman–Crippen MR) is 127 cm³/mol. The number of ether oxygens (including phenoxy) is 1. The number of carbonyl (C=O) groups excluding carboxylic acids is 1. The van der Waals surface area contributed by atoms with Crippen molar-refractivity contribution < 1.29 is 14.6 Å². The van der Waals surface area contributed by atoms with Gasteiger partial charge in [0, 0.05) is 29.0 Å². The number of benzene rings is 3. The van der Waals surface area contributed by atoms with Crippen molar-refractivity contribution in [3.63, 3.8) is 0 Å². The molecule has 0 amide bonds. The molecule has 0 unspecified atom stereocenters. The molecule has 4 nitrogen and oxygen atoms in total. The maximum Gasteiger partial charge on any atom is 0.172 e. The SMILES string of the molecule is COc1cc([C@H]2C3=C(CC(C)(C)CC3=O)Nc3c2ccc2ccccc32)cc(Br)c1O. The van der Waals surface area contributed by atoms with Gasteiger partial charge in [-0.2, -0.15) is 0 Å². The first-order chi connectivity index (χ1) is 14.8. The number of allylic oxidation sites excluding steroid dienone is 2. The molecule has 0 bridgehead atoms. The molecule has 0 spiro atoms. The van der Waals surface area contributed by atoms with Crippen molar-refractivity contribution in [3.05, 3.63) is 75.4 Å². The summed E-state index contributed by atoms with van der Waals surface area (Å²) in [7, 11) is 1.54. The van der Waals surface area contributed by atoms with E-state index in [1.54, 1.807) is 0 Å². The van der Waals surface area contributed by atoms with Crippen LogP contribution in [0.2, 0.25) is 0 Å². The van der Waals surface area contributed by atoms with Gasteiger partial charge in [-0.25, -0.2) is 0 Å². The summed E-state index contributed by atoms with van der Waals surface area (Å²) in [6.45, 7) is 4.29. The summed E-state index contributed by atoms with van der Waals surface area (Å²) >= 11 is 3.46. The lowest BCUT2D eigenvalue weighted by atomic mass is 9.68. The fraction of sp³-hybridized carbons (Fsp3) is 0.269. The van der Waals surface area contributed by atoms with Gasteiger partial charge in [0.15, 0.2) is 17.3 Å². The number of hydrogen-bond donors (Lipinski definition) is 2. The number of carbonyl (C=O) groups is 1. The molecule has 0 saturated carbocycles. The van der Waals surface area contributed by atoms with Crippen molar-refractivity contribution in [1.82, 2.24) is 0 Å². The number of nitrogens with one attached hydrogen (secondary N) is 1. The highest BCUT2D eigenvalue weighted by Gasteiger charge is 2.41. The fourth-order valence-electron chi connectivity index (χ4n) is 5.02. The third-order valence-electron chi connectivity index (χ3n) is 6.36. The van der Waals surface area contributed by atoms with Crippen LogP contribution < -0.4 is 10.1 Å². The van der Waals surface area contributed by atoms with Gasteiger partial charge in [0.25, 0.3) is 0 Å². The van der Waals surface area contributed by atoms with E-state index >= 15 is 0 Å². The summed E-state index contributed by atoms with van der Waals surface area (Å²) in [6.07, 6.45) is 1.33. The van der Waals surface area contributed by atoms with E-state index in [2.05, 4.69) is 59.4 Å². The minimum atomic E-state index is -0.231. The molecule has 158 valence electrons. The number of methoxy groups -OCH3 is 1. The molecule has 1 heterocycles. The van der Waals surface area contributed by atoms with E-state index in [1.807, 2.05) is 24.3 Å². The Morgan fingerprint density at radius 2 is 1.90 bits per heavy atom. The normalized spacial score (nSPS) is 19.6. The molecule has 0 saturated heterocycles. The molecular formula is C26H24BrNO3. The predicted octanol–water partition coefficient (Wildman–Crippen LogP) is 6.52. The molecule has 1 atom stereocenters. The minimum absolute atomic E-state index is 0.0595. The zero-order chi connectivity index (χ0) is 21.9. The maximum atomic E-state index is 13.4. The van der Waals surface area contributed by atoms with Gasteiger partial charge in [-0.05, 0) is 56.4 Å². The molecule has 0 radical (unpaired) electrons. The first-order valence-corrected chi connectivity index (χ1v) is 11.2. The van der Waals surface area contributed by atoms with Crippen LogP contribution in [0.15, 0.2) is 64.3 Å². The third-order valence-corrected chi connectivity index (χ3v) is 6.97. The Morgan fingerprint density at radius 1 is 1.13 bits per heavy atom. The molecule has 5 heteroatoms. The van der Waals surface area contributed by atoms with Crippen LogP contribution >= 0.6 is 15.9 Å². The summed E-state index contributed by atoms with van der Waals surface area (Å²) in [6, 6.07) is 16.3. The van der Waals surface area contributed by atoms with Crippen LogP contribution in [-0.2, 0) is 4.79 Å². The molecule has 3 aromatic carbocycles. The van der Waals surface area contributed by atoms with Gasteiger partial charge in [0.1, 0.15) is 0 Å². The topological polar surface area (TPSA) is 58.6 Å². The van der Waals surface area contributed by atoms with E-state index in [9.17, 15) is 9.90 Å². The van der Waals surface area contributed by atoms with Crippen LogP contribution in [0.4, 0.5) is 5.69 Å². The number of halogens is 1. The van der Waals surface area contributed by atoms with Crippen molar-refractivity contribution >= 4 is 38.2 Å². The molecule has 5 rings (SSSR count). The monoisotopic (exact) mass is 477 g/mol. The second kappa shape index (κ2) is 7.13. The molecule has 0 aromatic heterocycles. The lowest BCUT2D eigenvalue weighted by molar-refractivity contribution is -0.118. The number of rotatable bonds is 2. The van der Waals surface area contributed by atoms with E-state index in [1.165, 1.54) is 7.11 Å². The van der Waals surface area contributed by atoms with Gasteiger partial charge < -0.3 is 15.2 Å².